The van der Waals surface area contributed by atoms with E-state index in [1.165, 1.54) is 10.4 Å². The summed E-state index contributed by atoms with van der Waals surface area (Å²) in [5.74, 6) is -0.190. The molecule has 1 saturated heterocycles. The van der Waals surface area contributed by atoms with Crippen molar-refractivity contribution in [2.75, 3.05) is 32.8 Å². The number of nitrogens with zero attached hydrogens (tertiary/aromatic N) is 4. The zero-order valence-corrected chi connectivity index (χ0v) is 20.0. The van der Waals surface area contributed by atoms with Crippen molar-refractivity contribution in [1.29, 1.82) is 0 Å². The molecule has 2 aromatic rings. The van der Waals surface area contributed by atoms with Crippen LogP contribution in [-0.2, 0) is 21.8 Å². The van der Waals surface area contributed by atoms with Crippen LogP contribution in [0, 0.1) is 20.8 Å². The van der Waals surface area contributed by atoms with E-state index < -0.39 is 10.0 Å². The van der Waals surface area contributed by atoms with E-state index in [-0.39, 0.29) is 16.8 Å². The van der Waals surface area contributed by atoms with Crippen molar-refractivity contribution in [3.05, 3.63) is 46.3 Å². The predicted octanol–water partition coefficient (Wildman–Crippen LogP) is 2.59. The Morgan fingerprint density at radius 1 is 1.23 bits per heavy atom. The van der Waals surface area contributed by atoms with Gasteiger partial charge in [0.25, 0.3) is 5.91 Å². The zero-order valence-electron chi connectivity index (χ0n) is 19.2. The number of rotatable bonds is 6. The molecule has 170 valence electrons. The molecule has 31 heavy (non-hydrogen) atoms. The topological polar surface area (TPSA) is 84.7 Å². The number of benzene rings is 1. The van der Waals surface area contributed by atoms with Gasteiger partial charge in [-0.25, -0.2) is 8.42 Å². The number of carbonyl (C=O) groups is 1. The first-order valence-corrected chi connectivity index (χ1v) is 12.1. The van der Waals surface area contributed by atoms with E-state index in [4.69, 9.17) is 4.74 Å². The maximum Gasteiger partial charge on any atom is 0.254 e. The molecular weight excluding hydrogens is 416 g/mol. The minimum atomic E-state index is -3.66. The predicted molar refractivity (Wildman–Crippen MR) is 119 cm³/mol. The Labute approximate surface area is 184 Å². The van der Waals surface area contributed by atoms with Crippen molar-refractivity contribution in [3.63, 3.8) is 0 Å². The Bertz CT molecular complexity index is 1070. The van der Waals surface area contributed by atoms with Crippen LogP contribution in [0.15, 0.2) is 23.1 Å². The van der Waals surface area contributed by atoms with Crippen molar-refractivity contribution in [2.45, 2.75) is 45.6 Å². The number of amides is 1. The van der Waals surface area contributed by atoms with Gasteiger partial charge in [-0.05, 0) is 38.5 Å². The molecule has 0 spiro atoms. The summed E-state index contributed by atoms with van der Waals surface area (Å²) in [6.07, 6.45) is 0. The molecule has 2 heterocycles. The van der Waals surface area contributed by atoms with Crippen molar-refractivity contribution in [3.8, 4) is 0 Å². The molecular formula is C22H32N4O4S. The molecule has 3 rings (SSSR count). The maximum absolute atomic E-state index is 13.7. The van der Waals surface area contributed by atoms with Gasteiger partial charge in [0.1, 0.15) is 0 Å². The van der Waals surface area contributed by atoms with Crippen molar-refractivity contribution in [1.82, 2.24) is 19.0 Å². The summed E-state index contributed by atoms with van der Waals surface area (Å²) >= 11 is 0. The Kier molecular flexibility index (Phi) is 6.88. The molecule has 1 amide bonds. The first-order chi connectivity index (χ1) is 14.6. The van der Waals surface area contributed by atoms with E-state index in [1.54, 1.807) is 30.9 Å². The van der Waals surface area contributed by atoms with Crippen LogP contribution >= 0.6 is 0 Å². The van der Waals surface area contributed by atoms with Gasteiger partial charge in [-0.1, -0.05) is 19.9 Å². The highest BCUT2D eigenvalue weighted by atomic mass is 32.2. The lowest BCUT2D eigenvalue weighted by Gasteiger charge is -2.36. The summed E-state index contributed by atoms with van der Waals surface area (Å²) in [5, 5.41) is 4.49. The lowest BCUT2D eigenvalue weighted by molar-refractivity contribution is -0.00310. The molecule has 1 aromatic heterocycles. The average molecular weight is 449 g/mol. The van der Waals surface area contributed by atoms with Crippen molar-refractivity contribution < 1.29 is 17.9 Å². The summed E-state index contributed by atoms with van der Waals surface area (Å²) < 4.78 is 34.9. The van der Waals surface area contributed by atoms with Gasteiger partial charge < -0.3 is 9.64 Å². The van der Waals surface area contributed by atoms with Crippen LogP contribution in [0.25, 0.3) is 0 Å². The lowest BCUT2D eigenvalue weighted by Crippen LogP contribution is -2.44. The van der Waals surface area contributed by atoms with E-state index in [0.29, 0.717) is 38.4 Å². The second-order valence-electron chi connectivity index (χ2n) is 7.86. The quantitative estimate of drug-likeness (QED) is 0.678. The molecule has 9 heteroatoms. The molecule has 0 N–H and O–H groups in total. The fourth-order valence-corrected chi connectivity index (χ4v) is 5.70. The van der Waals surface area contributed by atoms with E-state index in [0.717, 1.165) is 22.5 Å². The highest BCUT2D eigenvalue weighted by Crippen LogP contribution is 2.31. The Hall–Kier alpha value is -2.23. The minimum Gasteiger partial charge on any atom is -0.377 e. The SMILES string of the molecule is CCN(CC)S(=O)(=O)c1ccc(C)c(C(=O)N2CCOCC2c2c(C)nn(C)c2C)c1. The standard InChI is InChI=1S/C22H32N4O4S/c1-7-25(8-2)31(28,29)18-10-9-15(3)19(13-18)22(27)26-11-12-30-14-20(26)21-16(4)23-24(6)17(21)5/h9-10,13,20H,7-8,11-12,14H2,1-6H3. The van der Waals surface area contributed by atoms with Gasteiger partial charge >= 0.3 is 0 Å². The van der Waals surface area contributed by atoms with Crippen LogP contribution in [0.5, 0.6) is 0 Å². The van der Waals surface area contributed by atoms with Crippen LogP contribution in [0.3, 0.4) is 0 Å². The van der Waals surface area contributed by atoms with Gasteiger partial charge in [-0.2, -0.15) is 9.40 Å². The van der Waals surface area contributed by atoms with E-state index in [9.17, 15) is 13.2 Å². The molecule has 0 saturated carbocycles. The normalized spacial score (nSPS) is 17.4. The lowest BCUT2D eigenvalue weighted by atomic mass is 10.0. The molecule has 0 aliphatic carbocycles. The minimum absolute atomic E-state index is 0.142. The van der Waals surface area contributed by atoms with Crippen LogP contribution in [-0.4, -0.2) is 66.2 Å². The highest BCUT2D eigenvalue weighted by Gasteiger charge is 2.34. The van der Waals surface area contributed by atoms with E-state index >= 15 is 0 Å². The van der Waals surface area contributed by atoms with Gasteiger partial charge in [0, 0.05) is 43.5 Å². The first kappa shape index (κ1) is 23.4. The number of ether oxygens (including phenoxy) is 1. The van der Waals surface area contributed by atoms with Crippen LogP contribution in [0.2, 0.25) is 0 Å². The van der Waals surface area contributed by atoms with E-state index in [1.807, 2.05) is 32.5 Å². The largest absolute Gasteiger partial charge is 0.377 e. The summed E-state index contributed by atoms with van der Waals surface area (Å²) in [6, 6.07) is 4.53. The Balaban J connectivity index is 2.03. The van der Waals surface area contributed by atoms with Crippen LogP contribution in [0.4, 0.5) is 0 Å². The highest BCUT2D eigenvalue weighted by molar-refractivity contribution is 7.89. The van der Waals surface area contributed by atoms with Gasteiger partial charge in [0.05, 0.1) is 29.8 Å². The van der Waals surface area contributed by atoms with Gasteiger partial charge in [-0.3, -0.25) is 9.48 Å². The smallest absolute Gasteiger partial charge is 0.254 e. The fraction of sp³-hybridized carbons (Fsp3) is 0.545. The summed E-state index contributed by atoms with van der Waals surface area (Å²) in [5.41, 5.74) is 3.98. The molecule has 1 fully saturated rings. The molecule has 1 unspecified atom stereocenters. The molecule has 0 bridgehead atoms. The van der Waals surface area contributed by atoms with Gasteiger partial charge in [0.2, 0.25) is 10.0 Å². The third kappa shape index (κ3) is 4.26. The maximum atomic E-state index is 13.7. The van der Waals surface area contributed by atoms with Crippen molar-refractivity contribution in [2.24, 2.45) is 7.05 Å². The number of hydrogen-bond acceptors (Lipinski definition) is 5. The summed E-state index contributed by atoms with van der Waals surface area (Å²) in [7, 11) is -1.77. The third-order valence-corrected chi connectivity index (χ3v) is 8.12. The monoisotopic (exact) mass is 448 g/mol. The molecule has 1 aliphatic heterocycles. The number of sulfonamides is 1. The van der Waals surface area contributed by atoms with E-state index in [2.05, 4.69) is 5.10 Å². The molecule has 8 nitrogen and oxygen atoms in total. The number of carbonyl (C=O) groups excluding carboxylic acids is 1. The number of aromatic nitrogens is 2. The van der Waals surface area contributed by atoms with Gasteiger partial charge in [-0.15, -0.1) is 0 Å². The summed E-state index contributed by atoms with van der Waals surface area (Å²) in [6.45, 7) is 11.4. The number of aryl methyl sites for hydroxylation is 3. The first-order valence-electron chi connectivity index (χ1n) is 10.6. The molecule has 1 aliphatic rings. The number of hydrogen-bond donors (Lipinski definition) is 0. The second kappa shape index (κ2) is 9.10. The summed E-state index contributed by atoms with van der Waals surface area (Å²) in [4.78, 5) is 15.6. The van der Waals surface area contributed by atoms with Crippen LogP contribution in [0.1, 0.15) is 52.8 Å². The molecule has 1 atom stereocenters. The third-order valence-electron chi connectivity index (χ3n) is 6.07. The fourth-order valence-electron chi connectivity index (χ4n) is 4.22. The Morgan fingerprint density at radius 3 is 2.48 bits per heavy atom. The Morgan fingerprint density at radius 2 is 1.90 bits per heavy atom. The molecule has 0 radical (unpaired) electrons. The van der Waals surface area contributed by atoms with Crippen LogP contribution < -0.4 is 0 Å². The molecule has 1 aromatic carbocycles. The zero-order chi connectivity index (χ0) is 22.9. The van der Waals surface area contributed by atoms with Crippen molar-refractivity contribution >= 4 is 15.9 Å². The average Bonchev–Trinajstić information content (AvgIpc) is 2.99. The second-order valence-corrected chi connectivity index (χ2v) is 9.80. The van der Waals surface area contributed by atoms with Gasteiger partial charge in [0.15, 0.2) is 0 Å². The number of morpholine rings is 1.